The van der Waals surface area contributed by atoms with E-state index in [1.807, 2.05) is 43.1 Å². The summed E-state index contributed by atoms with van der Waals surface area (Å²) < 4.78 is 27.1. The molecule has 1 aromatic rings. The second-order valence-corrected chi connectivity index (χ2v) is 8.04. The van der Waals surface area contributed by atoms with Crippen molar-refractivity contribution in [2.45, 2.75) is 31.2 Å². The van der Waals surface area contributed by atoms with E-state index in [0.717, 1.165) is 42.0 Å². The minimum Gasteiger partial charge on any atom is -0.316 e. The quantitative estimate of drug-likeness (QED) is 0.839. The van der Waals surface area contributed by atoms with E-state index < -0.39 is 10.0 Å². The Morgan fingerprint density at radius 3 is 2.55 bits per heavy atom. The summed E-state index contributed by atoms with van der Waals surface area (Å²) >= 11 is 1.82. The van der Waals surface area contributed by atoms with Crippen molar-refractivity contribution in [1.82, 2.24) is 10.0 Å². The Bertz CT molecular complexity index is 508. The van der Waals surface area contributed by atoms with Crippen LogP contribution in [0.1, 0.15) is 24.0 Å². The van der Waals surface area contributed by atoms with Crippen LogP contribution in [0.15, 0.2) is 24.3 Å². The lowest BCUT2D eigenvalue weighted by Crippen LogP contribution is -2.38. The maximum Gasteiger partial charge on any atom is 0.216 e. The Morgan fingerprint density at radius 2 is 1.95 bits per heavy atom. The van der Waals surface area contributed by atoms with Crippen LogP contribution < -0.4 is 10.0 Å². The molecule has 2 N–H and O–H groups in total. The van der Waals surface area contributed by atoms with Crippen LogP contribution >= 0.6 is 11.8 Å². The number of sulfonamides is 1. The van der Waals surface area contributed by atoms with E-state index in [9.17, 15) is 8.42 Å². The zero-order chi connectivity index (χ0) is 14.4. The number of rotatable bonds is 6. The van der Waals surface area contributed by atoms with Crippen molar-refractivity contribution in [3.63, 3.8) is 0 Å². The van der Waals surface area contributed by atoms with E-state index in [4.69, 9.17) is 0 Å². The molecule has 0 aliphatic carbocycles. The first-order valence-corrected chi connectivity index (χ1v) is 9.70. The molecule has 1 saturated heterocycles. The van der Waals surface area contributed by atoms with Gasteiger partial charge in [-0.15, -0.1) is 0 Å². The monoisotopic (exact) mass is 314 g/mol. The lowest BCUT2D eigenvalue weighted by atomic mass is 10.1. The normalized spacial score (nSPS) is 19.9. The molecule has 4 nitrogen and oxygen atoms in total. The molecule has 0 bridgehead atoms. The number of hydrogen-bond donors (Lipinski definition) is 2. The summed E-state index contributed by atoms with van der Waals surface area (Å²) in [7, 11) is -1.35. The highest BCUT2D eigenvalue weighted by Crippen LogP contribution is 2.18. The average Bonchev–Trinajstić information content (AvgIpc) is 2.41. The number of nitrogens with one attached hydrogen (secondary N) is 2. The molecule has 112 valence electrons. The standard InChI is InChI=1S/C14H22N2O2S2/c1-15-9-12-4-6-13(7-5-12)11-20(17,18)16-14-3-2-8-19-10-14/h4-7,14-16H,2-3,8-11H2,1H3. The van der Waals surface area contributed by atoms with Crippen LogP contribution in [0.5, 0.6) is 0 Å². The number of hydrogen-bond acceptors (Lipinski definition) is 4. The van der Waals surface area contributed by atoms with Crippen molar-refractivity contribution in [3.8, 4) is 0 Å². The van der Waals surface area contributed by atoms with Gasteiger partial charge in [0, 0.05) is 18.3 Å². The van der Waals surface area contributed by atoms with Gasteiger partial charge in [0.1, 0.15) is 0 Å². The van der Waals surface area contributed by atoms with E-state index in [-0.39, 0.29) is 11.8 Å². The van der Waals surface area contributed by atoms with Crippen molar-refractivity contribution in [3.05, 3.63) is 35.4 Å². The Morgan fingerprint density at radius 1 is 1.25 bits per heavy atom. The third-order valence-corrected chi connectivity index (χ3v) is 5.89. The van der Waals surface area contributed by atoms with Crippen LogP contribution in [0, 0.1) is 0 Å². The predicted octanol–water partition coefficient (Wildman–Crippen LogP) is 1.72. The fraction of sp³-hybridized carbons (Fsp3) is 0.571. The lowest BCUT2D eigenvalue weighted by molar-refractivity contribution is 0.542. The van der Waals surface area contributed by atoms with Gasteiger partial charge in [-0.25, -0.2) is 13.1 Å². The van der Waals surface area contributed by atoms with Crippen LogP contribution in [0.4, 0.5) is 0 Å². The molecule has 2 rings (SSSR count). The Hall–Kier alpha value is -0.560. The van der Waals surface area contributed by atoms with Crippen molar-refractivity contribution >= 4 is 21.8 Å². The molecule has 20 heavy (non-hydrogen) atoms. The van der Waals surface area contributed by atoms with E-state index in [1.54, 1.807) is 0 Å². The molecule has 1 fully saturated rings. The molecule has 1 heterocycles. The highest BCUT2D eigenvalue weighted by molar-refractivity contribution is 7.99. The SMILES string of the molecule is CNCc1ccc(CS(=O)(=O)NC2CCCSC2)cc1. The molecule has 1 aliphatic rings. The van der Waals surface area contributed by atoms with Crippen molar-refractivity contribution in [2.75, 3.05) is 18.6 Å². The van der Waals surface area contributed by atoms with Crippen LogP contribution in [-0.4, -0.2) is 33.0 Å². The lowest BCUT2D eigenvalue weighted by Gasteiger charge is -2.22. The second-order valence-electron chi connectivity index (χ2n) is 5.14. The van der Waals surface area contributed by atoms with Crippen LogP contribution in [0.25, 0.3) is 0 Å². The summed E-state index contributed by atoms with van der Waals surface area (Å²) in [5.74, 6) is 2.10. The van der Waals surface area contributed by atoms with Crippen molar-refractivity contribution < 1.29 is 8.42 Å². The molecule has 1 aromatic carbocycles. The smallest absolute Gasteiger partial charge is 0.216 e. The van der Waals surface area contributed by atoms with Gasteiger partial charge < -0.3 is 5.32 Å². The first-order chi connectivity index (χ1) is 9.59. The fourth-order valence-electron chi connectivity index (χ4n) is 2.31. The molecule has 1 aliphatic heterocycles. The summed E-state index contributed by atoms with van der Waals surface area (Å²) in [5, 5.41) is 3.07. The Labute approximate surface area is 125 Å². The van der Waals surface area contributed by atoms with Crippen molar-refractivity contribution in [2.24, 2.45) is 0 Å². The molecule has 0 saturated carbocycles. The molecule has 0 radical (unpaired) electrons. The predicted molar refractivity (Wildman–Crippen MR) is 85.3 cm³/mol. The van der Waals surface area contributed by atoms with Crippen molar-refractivity contribution in [1.29, 1.82) is 0 Å². The van der Waals surface area contributed by atoms with Gasteiger partial charge in [0.15, 0.2) is 0 Å². The third kappa shape index (κ3) is 5.09. The summed E-state index contributed by atoms with van der Waals surface area (Å²) in [4.78, 5) is 0. The van der Waals surface area contributed by atoms with Gasteiger partial charge in [-0.05, 0) is 36.8 Å². The van der Waals surface area contributed by atoms with E-state index in [0.29, 0.717) is 0 Å². The maximum atomic E-state index is 12.1. The summed E-state index contributed by atoms with van der Waals surface area (Å²) in [5.41, 5.74) is 1.99. The zero-order valence-electron chi connectivity index (χ0n) is 11.8. The van der Waals surface area contributed by atoms with E-state index in [2.05, 4.69) is 10.0 Å². The molecule has 0 amide bonds. The van der Waals surface area contributed by atoms with Crippen LogP contribution in [0.2, 0.25) is 0 Å². The van der Waals surface area contributed by atoms with E-state index in [1.165, 1.54) is 0 Å². The first kappa shape index (κ1) is 15.8. The summed E-state index contributed by atoms with van der Waals surface area (Å²) in [6, 6.07) is 7.82. The van der Waals surface area contributed by atoms with Gasteiger partial charge in [-0.2, -0.15) is 11.8 Å². The molecule has 1 atom stereocenters. The van der Waals surface area contributed by atoms with Gasteiger partial charge in [0.25, 0.3) is 0 Å². The summed E-state index contributed by atoms with van der Waals surface area (Å²) in [6.45, 7) is 0.796. The molecule has 0 spiro atoms. The first-order valence-electron chi connectivity index (χ1n) is 6.89. The maximum absolute atomic E-state index is 12.1. The highest BCUT2D eigenvalue weighted by atomic mass is 32.2. The molecular weight excluding hydrogens is 292 g/mol. The largest absolute Gasteiger partial charge is 0.316 e. The molecule has 0 aromatic heterocycles. The number of thioether (sulfide) groups is 1. The summed E-state index contributed by atoms with van der Waals surface area (Å²) in [6.07, 6.45) is 2.05. The van der Waals surface area contributed by atoms with Gasteiger partial charge >= 0.3 is 0 Å². The van der Waals surface area contributed by atoms with Crippen LogP contribution in [0.3, 0.4) is 0 Å². The van der Waals surface area contributed by atoms with Crippen LogP contribution in [-0.2, 0) is 22.3 Å². The fourth-order valence-corrected chi connectivity index (χ4v) is 4.91. The Balaban J connectivity index is 1.93. The second kappa shape index (κ2) is 7.45. The minimum absolute atomic E-state index is 0.0635. The molecular formula is C14H22N2O2S2. The Kier molecular flexibility index (Phi) is 5.89. The third-order valence-electron chi connectivity index (χ3n) is 3.27. The van der Waals surface area contributed by atoms with Gasteiger partial charge in [-0.3, -0.25) is 0 Å². The van der Waals surface area contributed by atoms with Gasteiger partial charge in [0.2, 0.25) is 10.0 Å². The average molecular weight is 314 g/mol. The minimum atomic E-state index is -3.24. The molecule has 6 heteroatoms. The topological polar surface area (TPSA) is 58.2 Å². The number of benzene rings is 1. The highest BCUT2D eigenvalue weighted by Gasteiger charge is 2.20. The molecule has 1 unspecified atom stereocenters. The zero-order valence-corrected chi connectivity index (χ0v) is 13.4. The van der Waals surface area contributed by atoms with Gasteiger partial charge in [-0.1, -0.05) is 24.3 Å². The van der Waals surface area contributed by atoms with E-state index >= 15 is 0 Å². The van der Waals surface area contributed by atoms with Gasteiger partial charge in [0.05, 0.1) is 5.75 Å².